The molecule has 0 fully saturated rings. The van der Waals surface area contributed by atoms with E-state index in [9.17, 15) is 0 Å². The number of benzene rings is 2. The number of H-pyrrole nitrogens is 1. The number of likely N-dealkylation sites (N-methyl/N-ethyl adjacent to an activating group) is 1. The molecule has 5 rings (SSSR count). The molecule has 0 aliphatic carbocycles. The highest BCUT2D eigenvalue weighted by Gasteiger charge is 2.13. The van der Waals surface area contributed by atoms with Crippen LogP contribution in [-0.2, 0) is 6.54 Å². The second-order valence-electron chi connectivity index (χ2n) is 8.01. The number of anilines is 1. The summed E-state index contributed by atoms with van der Waals surface area (Å²) in [5, 5.41) is 8.83. The first-order chi connectivity index (χ1) is 15.7. The SMILES string of the molecule is CN(C)CCN(Cc1ccccc1)c1ncc2cc(-c3ncnc4[nH]ncc34)ccc2n1. The topological polar surface area (TPSA) is 86.7 Å². The van der Waals surface area contributed by atoms with Crippen molar-refractivity contribution in [3.63, 3.8) is 0 Å². The van der Waals surface area contributed by atoms with Crippen LogP contribution < -0.4 is 4.90 Å². The van der Waals surface area contributed by atoms with Gasteiger partial charge in [0.05, 0.1) is 22.8 Å². The maximum absolute atomic E-state index is 4.88. The molecule has 8 nitrogen and oxygen atoms in total. The fourth-order valence-corrected chi connectivity index (χ4v) is 3.69. The molecule has 5 aromatic rings. The number of fused-ring (bicyclic) bond motifs is 2. The molecule has 2 aromatic carbocycles. The average molecular weight is 425 g/mol. The number of nitrogens with one attached hydrogen (secondary N) is 1. The van der Waals surface area contributed by atoms with Gasteiger partial charge in [-0.25, -0.2) is 19.9 Å². The van der Waals surface area contributed by atoms with Crippen molar-refractivity contribution in [2.24, 2.45) is 0 Å². The van der Waals surface area contributed by atoms with Crippen LogP contribution in [0.5, 0.6) is 0 Å². The summed E-state index contributed by atoms with van der Waals surface area (Å²) in [6.07, 6.45) is 5.19. The average Bonchev–Trinajstić information content (AvgIpc) is 3.31. The molecule has 0 atom stereocenters. The summed E-state index contributed by atoms with van der Waals surface area (Å²) in [6.45, 7) is 2.52. The summed E-state index contributed by atoms with van der Waals surface area (Å²) < 4.78 is 0. The van der Waals surface area contributed by atoms with Gasteiger partial charge in [-0.15, -0.1) is 0 Å². The Labute approximate surface area is 186 Å². The number of aromatic nitrogens is 6. The largest absolute Gasteiger partial charge is 0.335 e. The van der Waals surface area contributed by atoms with Crippen molar-refractivity contribution in [1.29, 1.82) is 0 Å². The van der Waals surface area contributed by atoms with Gasteiger partial charge in [-0.3, -0.25) is 5.10 Å². The number of aromatic amines is 1. The molecular weight excluding hydrogens is 400 g/mol. The van der Waals surface area contributed by atoms with E-state index in [1.54, 1.807) is 12.5 Å². The first kappa shape index (κ1) is 20.0. The summed E-state index contributed by atoms with van der Waals surface area (Å²) >= 11 is 0. The van der Waals surface area contributed by atoms with E-state index < -0.39 is 0 Å². The fourth-order valence-electron chi connectivity index (χ4n) is 3.69. The van der Waals surface area contributed by atoms with Gasteiger partial charge in [-0.1, -0.05) is 36.4 Å². The highest BCUT2D eigenvalue weighted by molar-refractivity contribution is 5.93. The van der Waals surface area contributed by atoms with Crippen LogP contribution in [0.25, 0.3) is 33.2 Å². The highest BCUT2D eigenvalue weighted by atomic mass is 15.3. The molecule has 0 amide bonds. The van der Waals surface area contributed by atoms with E-state index in [-0.39, 0.29) is 0 Å². The van der Waals surface area contributed by atoms with Crippen molar-refractivity contribution < 1.29 is 0 Å². The highest BCUT2D eigenvalue weighted by Crippen LogP contribution is 2.27. The Balaban J connectivity index is 1.48. The van der Waals surface area contributed by atoms with Crippen LogP contribution in [0.15, 0.2) is 67.3 Å². The zero-order chi connectivity index (χ0) is 21.9. The Morgan fingerprint density at radius 1 is 0.906 bits per heavy atom. The molecule has 160 valence electrons. The summed E-state index contributed by atoms with van der Waals surface area (Å²) in [5.41, 5.74) is 4.68. The van der Waals surface area contributed by atoms with Gasteiger partial charge in [-0.2, -0.15) is 5.10 Å². The van der Waals surface area contributed by atoms with Gasteiger partial charge in [0, 0.05) is 36.8 Å². The maximum atomic E-state index is 4.88. The predicted octanol–water partition coefficient (Wildman–Crippen LogP) is 3.53. The lowest BCUT2D eigenvalue weighted by Gasteiger charge is -2.24. The second kappa shape index (κ2) is 8.68. The van der Waals surface area contributed by atoms with Crippen molar-refractivity contribution >= 4 is 27.9 Å². The van der Waals surface area contributed by atoms with E-state index >= 15 is 0 Å². The van der Waals surface area contributed by atoms with Gasteiger partial charge in [0.1, 0.15) is 6.33 Å². The molecule has 0 saturated heterocycles. The Morgan fingerprint density at radius 2 is 1.78 bits per heavy atom. The number of hydrogen-bond donors (Lipinski definition) is 1. The Kier molecular flexibility index (Phi) is 5.43. The van der Waals surface area contributed by atoms with Crippen molar-refractivity contribution in [1.82, 2.24) is 35.0 Å². The van der Waals surface area contributed by atoms with Crippen molar-refractivity contribution in [3.8, 4) is 11.3 Å². The lowest BCUT2D eigenvalue weighted by atomic mass is 10.1. The van der Waals surface area contributed by atoms with E-state index in [1.807, 2.05) is 24.4 Å². The molecule has 0 aliphatic heterocycles. The molecule has 32 heavy (non-hydrogen) atoms. The lowest BCUT2D eigenvalue weighted by Crippen LogP contribution is -2.32. The van der Waals surface area contributed by atoms with Crippen LogP contribution in [0.4, 0.5) is 5.95 Å². The van der Waals surface area contributed by atoms with E-state index in [0.717, 1.165) is 58.8 Å². The molecule has 0 bridgehead atoms. The summed E-state index contributed by atoms with van der Waals surface area (Å²) in [5.74, 6) is 0.732. The van der Waals surface area contributed by atoms with Crippen LogP contribution in [0.3, 0.4) is 0 Å². The zero-order valence-electron chi connectivity index (χ0n) is 18.1. The minimum absolute atomic E-state index is 0.721. The fraction of sp³-hybridized carbons (Fsp3) is 0.208. The monoisotopic (exact) mass is 424 g/mol. The van der Waals surface area contributed by atoms with Crippen LogP contribution in [0.1, 0.15) is 5.56 Å². The zero-order valence-corrected chi connectivity index (χ0v) is 18.1. The van der Waals surface area contributed by atoms with E-state index in [2.05, 4.69) is 74.4 Å². The first-order valence-electron chi connectivity index (χ1n) is 10.5. The van der Waals surface area contributed by atoms with Gasteiger partial charge >= 0.3 is 0 Å². The minimum Gasteiger partial charge on any atom is -0.335 e. The Hall–Kier alpha value is -3.91. The molecule has 3 heterocycles. The summed E-state index contributed by atoms with van der Waals surface area (Å²) in [6, 6.07) is 16.6. The number of nitrogens with zero attached hydrogens (tertiary/aromatic N) is 7. The Bertz CT molecular complexity index is 1350. The Morgan fingerprint density at radius 3 is 2.62 bits per heavy atom. The van der Waals surface area contributed by atoms with Crippen LogP contribution >= 0.6 is 0 Å². The third-order valence-electron chi connectivity index (χ3n) is 5.40. The molecule has 3 aromatic heterocycles. The van der Waals surface area contributed by atoms with Crippen LogP contribution in [-0.4, -0.2) is 62.2 Å². The van der Waals surface area contributed by atoms with Crippen LogP contribution in [0.2, 0.25) is 0 Å². The summed E-state index contributed by atoms with van der Waals surface area (Å²) in [4.78, 5) is 22.7. The van der Waals surface area contributed by atoms with Crippen LogP contribution in [0, 0.1) is 0 Å². The molecule has 0 spiro atoms. The molecule has 0 unspecified atom stereocenters. The molecule has 0 radical (unpaired) electrons. The van der Waals surface area contributed by atoms with E-state index in [0.29, 0.717) is 0 Å². The minimum atomic E-state index is 0.721. The lowest BCUT2D eigenvalue weighted by molar-refractivity contribution is 0.411. The molecule has 8 heteroatoms. The normalized spacial score (nSPS) is 11.5. The third kappa shape index (κ3) is 4.13. The van der Waals surface area contributed by atoms with E-state index in [4.69, 9.17) is 9.97 Å². The predicted molar refractivity (Wildman–Crippen MR) is 126 cm³/mol. The van der Waals surface area contributed by atoms with Gasteiger partial charge in [0.2, 0.25) is 5.95 Å². The van der Waals surface area contributed by atoms with Gasteiger partial charge in [0.25, 0.3) is 0 Å². The van der Waals surface area contributed by atoms with E-state index in [1.165, 1.54) is 5.56 Å². The summed E-state index contributed by atoms with van der Waals surface area (Å²) in [7, 11) is 4.15. The number of rotatable bonds is 7. The first-order valence-corrected chi connectivity index (χ1v) is 10.5. The third-order valence-corrected chi connectivity index (χ3v) is 5.40. The standard InChI is InChI=1S/C24H24N8/c1-31(2)10-11-32(15-17-6-4-3-5-7-17)24-25-13-19-12-18(8-9-21(19)29-24)22-20-14-28-30-23(20)27-16-26-22/h3-9,12-14,16H,10-11,15H2,1-2H3,(H,26,27,28,30). The van der Waals surface area contributed by atoms with Gasteiger partial charge < -0.3 is 9.80 Å². The quantitative estimate of drug-likeness (QED) is 0.428. The molecule has 1 N–H and O–H groups in total. The molecule has 0 saturated carbocycles. The molecule has 0 aliphatic rings. The molecular formula is C24H24N8. The van der Waals surface area contributed by atoms with Gasteiger partial charge in [0.15, 0.2) is 5.65 Å². The number of hydrogen-bond acceptors (Lipinski definition) is 7. The smallest absolute Gasteiger partial charge is 0.226 e. The van der Waals surface area contributed by atoms with Gasteiger partial charge in [-0.05, 0) is 31.8 Å². The maximum Gasteiger partial charge on any atom is 0.226 e. The second-order valence-corrected chi connectivity index (χ2v) is 8.01. The van der Waals surface area contributed by atoms with Crippen molar-refractivity contribution in [2.75, 3.05) is 32.1 Å². The van der Waals surface area contributed by atoms with Crippen molar-refractivity contribution in [3.05, 3.63) is 72.8 Å². The van der Waals surface area contributed by atoms with Crippen molar-refractivity contribution in [2.45, 2.75) is 6.54 Å².